The summed E-state index contributed by atoms with van der Waals surface area (Å²) in [4.78, 5) is 15.6. The van der Waals surface area contributed by atoms with E-state index in [-0.39, 0.29) is 23.0 Å². The van der Waals surface area contributed by atoms with Crippen LogP contribution >= 0.6 is 11.6 Å². The van der Waals surface area contributed by atoms with Gasteiger partial charge in [-0.25, -0.2) is 9.78 Å². The molecule has 5 nitrogen and oxygen atoms in total. The van der Waals surface area contributed by atoms with Gasteiger partial charge in [-0.2, -0.15) is 13.2 Å². The van der Waals surface area contributed by atoms with Crippen LogP contribution in [0.5, 0.6) is 0 Å². The first-order valence-corrected chi connectivity index (χ1v) is 7.19. The van der Waals surface area contributed by atoms with Crippen molar-refractivity contribution in [3.8, 4) is 11.1 Å². The minimum absolute atomic E-state index is 0.0510. The van der Waals surface area contributed by atoms with Crippen LogP contribution in [0.3, 0.4) is 0 Å². The second-order valence-corrected chi connectivity index (χ2v) is 5.18. The molecule has 0 atom stereocenters. The summed E-state index contributed by atoms with van der Waals surface area (Å²) in [5.74, 6) is -0.885. The maximum Gasteiger partial charge on any atom is 0.420 e. The molecular weight excluding hydrogens is 349 g/mol. The highest BCUT2D eigenvalue weighted by atomic mass is 35.5. The molecule has 0 spiro atoms. The first-order chi connectivity index (χ1) is 11.3. The molecule has 3 rings (SSSR count). The smallest absolute Gasteiger partial charge is 0.420 e. The van der Waals surface area contributed by atoms with Crippen LogP contribution in [0.4, 0.5) is 13.2 Å². The molecule has 0 amide bonds. The highest BCUT2D eigenvalue weighted by Crippen LogP contribution is 2.37. The Hall–Kier alpha value is -2.48. The standard InChI is InChI=1S/C15H10ClF3N2O3/c1-2-24-14(22)11-12(16)21-6-9(8-3-4-23-7-8)5-10(13(21)20-11)15(17,18)19/h3-7H,2H2,1H3. The number of furan rings is 1. The lowest BCUT2D eigenvalue weighted by molar-refractivity contribution is -0.136. The Morgan fingerprint density at radius 3 is 2.75 bits per heavy atom. The summed E-state index contributed by atoms with van der Waals surface area (Å²) in [6, 6.07) is 2.44. The van der Waals surface area contributed by atoms with Crippen LogP contribution in [0.1, 0.15) is 23.0 Å². The lowest BCUT2D eigenvalue weighted by Gasteiger charge is -2.10. The van der Waals surface area contributed by atoms with Gasteiger partial charge in [-0.3, -0.25) is 4.40 Å². The number of alkyl halides is 3. The maximum absolute atomic E-state index is 13.4. The summed E-state index contributed by atoms with van der Waals surface area (Å²) < 4.78 is 50.9. The zero-order chi connectivity index (χ0) is 17.5. The van der Waals surface area contributed by atoms with E-state index in [1.165, 1.54) is 24.8 Å². The number of nitrogens with zero attached hydrogens (tertiary/aromatic N) is 2. The molecule has 0 bridgehead atoms. The third-order valence-corrected chi connectivity index (χ3v) is 3.65. The molecule has 24 heavy (non-hydrogen) atoms. The van der Waals surface area contributed by atoms with Gasteiger partial charge in [-0.05, 0) is 19.1 Å². The normalized spacial score (nSPS) is 11.9. The largest absolute Gasteiger partial charge is 0.472 e. The third-order valence-electron chi connectivity index (χ3n) is 3.29. The highest BCUT2D eigenvalue weighted by molar-refractivity contribution is 6.32. The number of hydrogen-bond donors (Lipinski definition) is 0. The average molecular weight is 359 g/mol. The molecule has 126 valence electrons. The zero-order valence-corrected chi connectivity index (χ0v) is 13.0. The molecule has 0 saturated heterocycles. The number of rotatable bonds is 3. The van der Waals surface area contributed by atoms with Crippen molar-refractivity contribution >= 4 is 23.2 Å². The SMILES string of the molecule is CCOC(=O)c1nc2c(C(F)(F)F)cc(-c3ccoc3)cn2c1Cl. The summed E-state index contributed by atoms with van der Waals surface area (Å²) in [6.45, 7) is 1.62. The Balaban J connectivity index is 2.30. The Labute approximate surface area is 138 Å². The monoisotopic (exact) mass is 358 g/mol. The molecular formula is C15H10ClF3N2O3. The molecule has 0 aliphatic heterocycles. The van der Waals surface area contributed by atoms with Crippen molar-refractivity contribution in [1.29, 1.82) is 0 Å². The van der Waals surface area contributed by atoms with Gasteiger partial charge in [-0.15, -0.1) is 0 Å². The molecule has 9 heteroatoms. The quantitative estimate of drug-likeness (QED) is 0.649. The van der Waals surface area contributed by atoms with E-state index in [1.807, 2.05) is 0 Å². The first-order valence-electron chi connectivity index (χ1n) is 6.81. The number of esters is 1. The number of pyridine rings is 1. The fourth-order valence-corrected chi connectivity index (χ4v) is 2.49. The second-order valence-electron chi connectivity index (χ2n) is 4.82. The van der Waals surface area contributed by atoms with E-state index in [0.29, 0.717) is 5.56 Å². The Bertz CT molecular complexity index is 901. The van der Waals surface area contributed by atoms with Crippen molar-refractivity contribution < 1.29 is 27.1 Å². The molecule has 0 aliphatic rings. The summed E-state index contributed by atoms with van der Waals surface area (Å²) in [7, 11) is 0. The van der Waals surface area contributed by atoms with E-state index in [9.17, 15) is 18.0 Å². The van der Waals surface area contributed by atoms with Gasteiger partial charge >= 0.3 is 12.1 Å². The summed E-state index contributed by atoms with van der Waals surface area (Å²) in [5.41, 5.74) is -1.20. The lowest BCUT2D eigenvalue weighted by Crippen LogP contribution is -2.08. The fourth-order valence-electron chi connectivity index (χ4n) is 2.24. The Morgan fingerprint density at radius 2 is 2.17 bits per heavy atom. The molecule has 0 radical (unpaired) electrons. The lowest BCUT2D eigenvalue weighted by atomic mass is 10.1. The minimum atomic E-state index is -4.68. The molecule has 0 aliphatic carbocycles. The predicted octanol–water partition coefficient (Wildman–Crippen LogP) is 4.44. The van der Waals surface area contributed by atoms with Crippen LogP contribution in [-0.4, -0.2) is 22.0 Å². The van der Waals surface area contributed by atoms with Crippen molar-refractivity contribution in [1.82, 2.24) is 9.38 Å². The number of hydrogen-bond acceptors (Lipinski definition) is 4. The van der Waals surface area contributed by atoms with Crippen LogP contribution in [0, 0.1) is 0 Å². The van der Waals surface area contributed by atoms with Gasteiger partial charge < -0.3 is 9.15 Å². The van der Waals surface area contributed by atoms with Gasteiger partial charge in [0.05, 0.1) is 24.7 Å². The number of imidazole rings is 1. The number of carbonyl (C=O) groups is 1. The van der Waals surface area contributed by atoms with Gasteiger partial charge in [0.1, 0.15) is 5.15 Å². The van der Waals surface area contributed by atoms with Crippen molar-refractivity contribution in [2.45, 2.75) is 13.1 Å². The van der Waals surface area contributed by atoms with Gasteiger partial charge in [0.15, 0.2) is 11.3 Å². The molecule has 3 aromatic heterocycles. The molecule has 0 unspecified atom stereocenters. The highest BCUT2D eigenvalue weighted by Gasteiger charge is 2.36. The molecule has 3 aromatic rings. The van der Waals surface area contributed by atoms with E-state index in [1.54, 1.807) is 6.92 Å². The number of ether oxygens (including phenoxy) is 1. The van der Waals surface area contributed by atoms with E-state index in [2.05, 4.69) is 4.98 Å². The van der Waals surface area contributed by atoms with Crippen molar-refractivity contribution in [3.05, 3.63) is 47.3 Å². The van der Waals surface area contributed by atoms with Gasteiger partial charge in [0.2, 0.25) is 0 Å². The Morgan fingerprint density at radius 1 is 1.42 bits per heavy atom. The van der Waals surface area contributed by atoms with Crippen LogP contribution in [-0.2, 0) is 10.9 Å². The number of aromatic nitrogens is 2. The molecule has 0 saturated carbocycles. The van der Waals surface area contributed by atoms with Crippen LogP contribution in [0.25, 0.3) is 16.8 Å². The number of halogens is 4. The molecule has 0 aromatic carbocycles. The van der Waals surface area contributed by atoms with Crippen LogP contribution < -0.4 is 0 Å². The summed E-state index contributed by atoms with van der Waals surface area (Å²) in [6.07, 6.45) is -0.681. The summed E-state index contributed by atoms with van der Waals surface area (Å²) >= 11 is 6.05. The van der Waals surface area contributed by atoms with Gasteiger partial charge in [0.25, 0.3) is 0 Å². The molecule has 0 N–H and O–H groups in total. The van der Waals surface area contributed by atoms with E-state index >= 15 is 0 Å². The fraction of sp³-hybridized carbons (Fsp3) is 0.200. The zero-order valence-electron chi connectivity index (χ0n) is 12.2. The molecule has 3 heterocycles. The van der Waals surface area contributed by atoms with Crippen molar-refractivity contribution in [3.63, 3.8) is 0 Å². The van der Waals surface area contributed by atoms with E-state index < -0.39 is 23.4 Å². The minimum Gasteiger partial charge on any atom is -0.472 e. The van der Waals surface area contributed by atoms with Gasteiger partial charge in [-0.1, -0.05) is 11.6 Å². The predicted molar refractivity (Wildman–Crippen MR) is 78.9 cm³/mol. The summed E-state index contributed by atoms with van der Waals surface area (Å²) in [5, 5.41) is -0.251. The Kier molecular flexibility index (Phi) is 4.00. The average Bonchev–Trinajstić information content (AvgIpc) is 3.14. The number of carbonyl (C=O) groups excluding carboxylic acids is 1. The number of fused-ring (bicyclic) bond motifs is 1. The first kappa shape index (κ1) is 16.4. The second kappa shape index (κ2) is 5.86. The van der Waals surface area contributed by atoms with Crippen LogP contribution in [0.2, 0.25) is 5.15 Å². The van der Waals surface area contributed by atoms with Gasteiger partial charge in [0, 0.05) is 17.3 Å². The topological polar surface area (TPSA) is 56.7 Å². The van der Waals surface area contributed by atoms with E-state index in [4.69, 9.17) is 20.8 Å². The van der Waals surface area contributed by atoms with E-state index in [0.717, 1.165) is 10.5 Å². The third kappa shape index (κ3) is 2.73. The molecule has 0 fully saturated rings. The van der Waals surface area contributed by atoms with Crippen LogP contribution in [0.15, 0.2) is 35.3 Å². The maximum atomic E-state index is 13.4. The van der Waals surface area contributed by atoms with Crippen molar-refractivity contribution in [2.75, 3.05) is 6.61 Å². The van der Waals surface area contributed by atoms with Crippen molar-refractivity contribution in [2.24, 2.45) is 0 Å².